The lowest BCUT2D eigenvalue weighted by atomic mass is 9.83. The summed E-state index contributed by atoms with van der Waals surface area (Å²) < 4.78 is 5.92. The maximum atomic E-state index is 5.92. The van der Waals surface area contributed by atoms with E-state index in [9.17, 15) is 0 Å². The Hall–Kier alpha value is -0.860. The van der Waals surface area contributed by atoms with Gasteiger partial charge in [-0.1, -0.05) is 44.4 Å². The smallest absolute Gasteiger partial charge is 0.0661 e. The molecule has 1 atom stereocenters. The van der Waals surface area contributed by atoms with Crippen LogP contribution in [0.5, 0.6) is 0 Å². The molecule has 1 fully saturated rings. The Bertz CT molecular complexity index is 412. The third-order valence-electron chi connectivity index (χ3n) is 4.56. The number of rotatable bonds is 8. The lowest BCUT2D eigenvalue weighted by Gasteiger charge is -2.25. The molecule has 1 aromatic rings. The van der Waals surface area contributed by atoms with Gasteiger partial charge in [0.2, 0.25) is 0 Å². The van der Waals surface area contributed by atoms with Crippen LogP contribution in [0.1, 0.15) is 55.3 Å². The third-order valence-corrected chi connectivity index (χ3v) is 4.56. The Morgan fingerprint density at radius 3 is 2.65 bits per heavy atom. The van der Waals surface area contributed by atoms with E-state index in [0.717, 1.165) is 25.7 Å². The van der Waals surface area contributed by atoms with E-state index in [0.29, 0.717) is 6.04 Å². The van der Waals surface area contributed by atoms with E-state index < -0.39 is 0 Å². The number of hydrogen-bond donors (Lipinski definition) is 1. The quantitative estimate of drug-likeness (QED) is 0.719. The third kappa shape index (κ3) is 4.32. The first-order valence-corrected chi connectivity index (χ1v) is 8.09. The predicted octanol–water partition coefficient (Wildman–Crippen LogP) is 4.16. The maximum absolute atomic E-state index is 5.92. The van der Waals surface area contributed by atoms with Crippen molar-refractivity contribution in [2.24, 2.45) is 5.92 Å². The van der Waals surface area contributed by atoms with Crippen LogP contribution < -0.4 is 5.32 Å². The van der Waals surface area contributed by atoms with E-state index in [-0.39, 0.29) is 0 Å². The number of benzene rings is 1. The number of nitrogens with one attached hydrogen (secondary N) is 1. The molecule has 0 aromatic heterocycles. The molecular formula is C18H29NO. The summed E-state index contributed by atoms with van der Waals surface area (Å²) in [6, 6.07) is 7.05. The van der Waals surface area contributed by atoms with Gasteiger partial charge in [0.1, 0.15) is 0 Å². The first-order chi connectivity index (χ1) is 9.70. The van der Waals surface area contributed by atoms with Crippen molar-refractivity contribution < 1.29 is 4.74 Å². The molecule has 1 saturated carbocycles. The average Bonchev–Trinajstić information content (AvgIpc) is 2.38. The summed E-state index contributed by atoms with van der Waals surface area (Å²) in [5.41, 5.74) is 4.06. The fourth-order valence-electron chi connectivity index (χ4n) is 2.73. The summed E-state index contributed by atoms with van der Waals surface area (Å²) in [5.74, 6) is 0.939. The van der Waals surface area contributed by atoms with Gasteiger partial charge in [-0.15, -0.1) is 0 Å². The van der Waals surface area contributed by atoms with Gasteiger partial charge >= 0.3 is 0 Å². The van der Waals surface area contributed by atoms with Crippen molar-refractivity contribution in [3.8, 4) is 0 Å². The average molecular weight is 275 g/mol. The van der Waals surface area contributed by atoms with Gasteiger partial charge < -0.3 is 10.1 Å². The van der Waals surface area contributed by atoms with Crippen LogP contribution in [-0.4, -0.2) is 19.8 Å². The lowest BCUT2D eigenvalue weighted by molar-refractivity contribution is 0.0891. The molecule has 0 spiro atoms. The van der Waals surface area contributed by atoms with Crippen LogP contribution in [0, 0.1) is 19.8 Å². The molecule has 0 saturated heterocycles. The number of ether oxygens (including phenoxy) is 1. The molecule has 0 aliphatic heterocycles. The molecule has 0 amide bonds. The van der Waals surface area contributed by atoms with E-state index in [1.54, 1.807) is 0 Å². The van der Waals surface area contributed by atoms with Crippen molar-refractivity contribution in [2.45, 2.75) is 52.5 Å². The Kier molecular flexibility index (Phi) is 6.06. The zero-order valence-corrected chi connectivity index (χ0v) is 13.2. The fourth-order valence-corrected chi connectivity index (χ4v) is 2.73. The summed E-state index contributed by atoms with van der Waals surface area (Å²) in [6.07, 6.45) is 5.49. The second kappa shape index (κ2) is 7.80. The molecule has 2 rings (SSSR count). The van der Waals surface area contributed by atoms with Crippen LogP contribution >= 0.6 is 0 Å². The first kappa shape index (κ1) is 15.5. The second-order valence-corrected chi connectivity index (χ2v) is 6.11. The molecule has 1 aliphatic carbocycles. The molecular weight excluding hydrogens is 246 g/mol. The van der Waals surface area contributed by atoms with Crippen LogP contribution in [0.3, 0.4) is 0 Å². The van der Waals surface area contributed by atoms with Crippen LogP contribution in [0.2, 0.25) is 0 Å². The Labute approximate surface area is 123 Å². The fraction of sp³-hybridized carbons (Fsp3) is 0.667. The molecule has 1 unspecified atom stereocenters. The van der Waals surface area contributed by atoms with E-state index in [1.165, 1.54) is 42.4 Å². The summed E-state index contributed by atoms with van der Waals surface area (Å²) in [5, 5.41) is 3.54. The molecule has 112 valence electrons. The lowest BCUT2D eigenvalue weighted by Crippen LogP contribution is -2.26. The van der Waals surface area contributed by atoms with E-state index >= 15 is 0 Å². The van der Waals surface area contributed by atoms with Crippen LogP contribution in [0.4, 0.5) is 0 Å². The van der Waals surface area contributed by atoms with Crippen molar-refractivity contribution in [3.63, 3.8) is 0 Å². The summed E-state index contributed by atoms with van der Waals surface area (Å²) in [4.78, 5) is 0. The zero-order chi connectivity index (χ0) is 14.4. The standard InChI is InChI=1S/C18H29NO/c1-4-19-18(13-20-11-10-16-6-5-7-16)17-9-8-14(2)15(3)12-17/h8-9,12,16,18-19H,4-7,10-11,13H2,1-3H3. The number of aryl methyl sites for hydroxylation is 2. The molecule has 0 radical (unpaired) electrons. The summed E-state index contributed by atoms with van der Waals surface area (Å²) >= 11 is 0. The minimum atomic E-state index is 0.320. The van der Waals surface area contributed by atoms with E-state index in [1.807, 2.05) is 0 Å². The zero-order valence-electron chi connectivity index (χ0n) is 13.2. The molecule has 1 aromatic carbocycles. The van der Waals surface area contributed by atoms with Gasteiger partial charge in [0.25, 0.3) is 0 Å². The largest absolute Gasteiger partial charge is 0.379 e. The number of hydrogen-bond acceptors (Lipinski definition) is 2. The van der Waals surface area contributed by atoms with Gasteiger partial charge in [-0.3, -0.25) is 0 Å². The topological polar surface area (TPSA) is 21.3 Å². The molecule has 1 N–H and O–H groups in total. The predicted molar refractivity (Wildman–Crippen MR) is 85.1 cm³/mol. The Balaban J connectivity index is 1.83. The Morgan fingerprint density at radius 1 is 1.25 bits per heavy atom. The highest BCUT2D eigenvalue weighted by Gasteiger charge is 2.17. The minimum Gasteiger partial charge on any atom is -0.379 e. The highest BCUT2D eigenvalue weighted by molar-refractivity contribution is 5.31. The minimum absolute atomic E-state index is 0.320. The highest BCUT2D eigenvalue weighted by atomic mass is 16.5. The second-order valence-electron chi connectivity index (χ2n) is 6.11. The van der Waals surface area contributed by atoms with Gasteiger partial charge in [-0.25, -0.2) is 0 Å². The summed E-state index contributed by atoms with van der Waals surface area (Å²) in [6.45, 7) is 9.17. The summed E-state index contributed by atoms with van der Waals surface area (Å²) in [7, 11) is 0. The van der Waals surface area contributed by atoms with Crippen molar-refractivity contribution in [2.75, 3.05) is 19.8 Å². The van der Waals surface area contributed by atoms with Crippen molar-refractivity contribution in [1.82, 2.24) is 5.32 Å². The van der Waals surface area contributed by atoms with Gasteiger partial charge in [0.05, 0.1) is 12.6 Å². The SMILES string of the molecule is CCNC(COCCC1CCC1)c1ccc(C)c(C)c1. The van der Waals surface area contributed by atoms with Gasteiger partial charge in [0.15, 0.2) is 0 Å². The molecule has 2 nitrogen and oxygen atoms in total. The maximum Gasteiger partial charge on any atom is 0.0661 e. The van der Waals surface area contributed by atoms with Crippen LogP contribution in [-0.2, 0) is 4.74 Å². The molecule has 0 heterocycles. The van der Waals surface area contributed by atoms with Crippen molar-refractivity contribution >= 4 is 0 Å². The highest BCUT2D eigenvalue weighted by Crippen LogP contribution is 2.29. The van der Waals surface area contributed by atoms with E-state index in [2.05, 4.69) is 44.3 Å². The number of likely N-dealkylation sites (N-methyl/N-ethyl adjacent to an activating group) is 1. The molecule has 0 bridgehead atoms. The normalized spacial score (nSPS) is 16.9. The Morgan fingerprint density at radius 2 is 2.05 bits per heavy atom. The van der Waals surface area contributed by atoms with E-state index in [4.69, 9.17) is 4.74 Å². The molecule has 2 heteroatoms. The van der Waals surface area contributed by atoms with Crippen LogP contribution in [0.25, 0.3) is 0 Å². The van der Waals surface area contributed by atoms with Gasteiger partial charge in [-0.05, 0) is 49.4 Å². The molecule has 1 aliphatic rings. The first-order valence-electron chi connectivity index (χ1n) is 8.09. The molecule has 20 heavy (non-hydrogen) atoms. The van der Waals surface area contributed by atoms with Crippen molar-refractivity contribution in [1.29, 1.82) is 0 Å². The van der Waals surface area contributed by atoms with Gasteiger partial charge in [0, 0.05) is 6.61 Å². The van der Waals surface area contributed by atoms with Gasteiger partial charge in [-0.2, -0.15) is 0 Å². The van der Waals surface area contributed by atoms with Crippen LogP contribution in [0.15, 0.2) is 18.2 Å². The monoisotopic (exact) mass is 275 g/mol. The van der Waals surface area contributed by atoms with Crippen molar-refractivity contribution in [3.05, 3.63) is 34.9 Å².